The van der Waals surface area contributed by atoms with Crippen molar-refractivity contribution in [2.45, 2.75) is 13.0 Å². The maximum Gasteiger partial charge on any atom is 0.213 e. The quantitative estimate of drug-likeness (QED) is 0.760. The van der Waals surface area contributed by atoms with Gasteiger partial charge in [-0.15, -0.1) is 0 Å². The average Bonchev–Trinajstić information content (AvgIpc) is 2.52. The van der Waals surface area contributed by atoms with Gasteiger partial charge in [0.1, 0.15) is 5.75 Å². The Morgan fingerprint density at radius 3 is 2.86 bits per heavy atom. The molecule has 0 aliphatic carbocycles. The first-order chi connectivity index (χ1) is 10.3. The van der Waals surface area contributed by atoms with Gasteiger partial charge in [-0.1, -0.05) is 23.7 Å². The number of nitrogens with zero attached hydrogens (tertiary/aromatic N) is 1. The number of nitrogens with one attached hydrogen (secondary N) is 1. The summed E-state index contributed by atoms with van der Waals surface area (Å²) in [7, 11) is 1.61. The van der Waals surface area contributed by atoms with Crippen molar-refractivity contribution in [2.75, 3.05) is 20.3 Å². The SMILES string of the molecule is COc1ccc(CNCCCOc2ccccn2)cc1Cl. The van der Waals surface area contributed by atoms with Gasteiger partial charge in [0, 0.05) is 18.8 Å². The van der Waals surface area contributed by atoms with E-state index in [1.54, 1.807) is 13.3 Å². The van der Waals surface area contributed by atoms with Crippen molar-refractivity contribution in [3.8, 4) is 11.6 Å². The molecule has 0 aliphatic rings. The van der Waals surface area contributed by atoms with Gasteiger partial charge in [-0.2, -0.15) is 0 Å². The molecular weight excluding hydrogens is 288 g/mol. The molecule has 112 valence electrons. The van der Waals surface area contributed by atoms with Crippen molar-refractivity contribution in [3.63, 3.8) is 0 Å². The molecule has 0 radical (unpaired) electrons. The fourth-order valence-corrected chi connectivity index (χ4v) is 2.14. The van der Waals surface area contributed by atoms with Crippen LogP contribution in [0.25, 0.3) is 0 Å². The van der Waals surface area contributed by atoms with Crippen LogP contribution in [0.4, 0.5) is 0 Å². The van der Waals surface area contributed by atoms with E-state index in [2.05, 4.69) is 10.3 Å². The van der Waals surface area contributed by atoms with Crippen molar-refractivity contribution in [2.24, 2.45) is 0 Å². The lowest BCUT2D eigenvalue weighted by molar-refractivity contribution is 0.296. The maximum absolute atomic E-state index is 6.08. The third-order valence-electron chi connectivity index (χ3n) is 2.93. The molecule has 0 aliphatic heterocycles. The first-order valence-corrected chi connectivity index (χ1v) is 7.24. The zero-order valence-electron chi connectivity index (χ0n) is 12.0. The summed E-state index contributed by atoms with van der Waals surface area (Å²) in [6, 6.07) is 11.4. The maximum atomic E-state index is 6.08. The summed E-state index contributed by atoms with van der Waals surface area (Å²) in [4.78, 5) is 4.10. The first-order valence-electron chi connectivity index (χ1n) is 6.86. The third kappa shape index (κ3) is 5.25. The molecule has 0 saturated carbocycles. The van der Waals surface area contributed by atoms with Crippen LogP contribution in [0.2, 0.25) is 5.02 Å². The normalized spacial score (nSPS) is 10.4. The Hall–Kier alpha value is -1.78. The molecular formula is C16H19ClN2O2. The van der Waals surface area contributed by atoms with Gasteiger partial charge in [0.15, 0.2) is 0 Å². The van der Waals surface area contributed by atoms with Crippen LogP contribution in [-0.4, -0.2) is 25.2 Å². The number of hydrogen-bond donors (Lipinski definition) is 1. The number of rotatable bonds is 8. The molecule has 0 bridgehead atoms. The molecule has 0 amide bonds. The number of halogens is 1. The van der Waals surface area contributed by atoms with E-state index in [-0.39, 0.29) is 0 Å². The van der Waals surface area contributed by atoms with E-state index >= 15 is 0 Å². The highest BCUT2D eigenvalue weighted by Gasteiger charge is 2.01. The minimum absolute atomic E-state index is 0.635. The predicted molar refractivity (Wildman–Crippen MR) is 84.1 cm³/mol. The fraction of sp³-hybridized carbons (Fsp3) is 0.312. The lowest BCUT2D eigenvalue weighted by Crippen LogP contribution is -2.17. The third-order valence-corrected chi connectivity index (χ3v) is 3.23. The largest absolute Gasteiger partial charge is 0.495 e. The van der Waals surface area contributed by atoms with E-state index in [9.17, 15) is 0 Å². The molecule has 4 nitrogen and oxygen atoms in total. The van der Waals surface area contributed by atoms with Crippen molar-refractivity contribution in [1.29, 1.82) is 0 Å². The van der Waals surface area contributed by atoms with E-state index in [1.807, 2.05) is 36.4 Å². The highest BCUT2D eigenvalue weighted by molar-refractivity contribution is 6.32. The molecule has 5 heteroatoms. The molecule has 2 rings (SSSR count). The van der Waals surface area contributed by atoms with Gasteiger partial charge < -0.3 is 14.8 Å². The van der Waals surface area contributed by atoms with Crippen LogP contribution in [0.5, 0.6) is 11.6 Å². The molecule has 1 N–H and O–H groups in total. The van der Waals surface area contributed by atoms with Crippen LogP contribution in [0, 0.1) is 0 Å². The van der Waals surface area contributed by atoms with Crippen molar-refractivity contribution >= 4 is 11.6 Å². The predicted octanol–water partition coefficient (Wildman–Crippen LogP) is 3.30. The Bertz CT molecular complexity index is 549. The van der Waals surface area contributed by atoms with E-state index < -0.39 is 0 Å². The second-order valence-corrected chi connectivity index (χ2v) is 4.92. The molecule has 0 unspecified atom stereocenters. The van der Waals surface area contributed by atoms with Crippen molar-refractivity contribution in [3.05, 3.63) is 53.2 Å². The molecule has 21 heavy (non-hydrogen) atoms. The van der Waals surface area contributed by atoms with Crippen LogP contribution < -0.4 is 14.8 Å². The highest BCUT2D eigenvalue weighted by atomic mass is 35.5. The Labute approximate surface area is 130 Å². The summed E-state index contributed by atoms with van der Waals surface area (Å²) < 4.78 is 10.6. The van der Waals surface area contributed by atoms with Crippen LogP contribution in [0.15, 0.2) is 42.6 Å². The Morgan fingerprint density at radius 2 is 2.14 bits per heavy atom. The first kappa shape index (κ1) is 15.6. The fourth-order valence-electron chi connectivity index (χ4n) is 1.86. The minimum atomic E-state index is 0.635. The Balaban J connectivity index is 1.62. The zero-order chi connectivity index (χ0) is 14.9. The second kappa shape index (κ2) is 8.49. The minimum Gasteiger partial charge on any atom is -0.495 e. The Morgan fingerprint density at radius 1 is 1.24 bits per heavy atom. The number of ether oxygens (including phenoxy) is 2. The van der Waals surface area contributed by atoms with Gasteiger partial charge in [-0.25, -0.2) is 4.98 Å². The summed E-state index contributed by atoms with van der Waals surface area (Å²) in [6.07, 6.45) is 2.64. The van der Waals surface area contributed by atoms with Gasteiger partial charge in [0.05, 0.1) is 18.7 Å². The lowest BCUT2D eigenvalue weighted by atomic mass is 10.2. The van der Waals surface area contributed by atoms with Crippen LogP contribution in [0.3, 0.4) is 0 Å². The summed E-state index contributed by atoms with van der Waals surface area (Å²) >= 11 is 6.08. The number of pyridine rings is 1. The van der Waals surface area contributed by atoms with E-state index in [4.69, 9.17) is 21.1 Å². The lowest BCUT2D eigenvalue weighted by Gasteiger charge is -2.08. The summed E-state index contributed by atoms with van der Waals surface area (Å²) in [5.74, 6) is 1.36. The van der Waals surface area contributed by atoms with Crippen molar-refractivity contribution in [1.82, 2.24) is 10.3 Å². The van der Waals surface area contributed by atoms with Crippen LogP contribution in [-0.2, 0) is 6.54 Å². The van der Waals surface area contributed by atoms with Gasteiger partial charge in [0.2, 0.25) is 5.88 Å². The second-order valence-electron chi connectivity index (χ2n) is 4.52. The molecule has 0 fully saturated rings. The molecule has 2 aromatic rings. The molecule has 1 heterocycles. The van der Waals surface area contributed by atoms with Gasteiger partial charge in [-0.3, -0.25) is 0 Å². The van der Waals surface area contributed by atoms with E-state index in [1.165, 1.54) is 0 Å². The Kier molecular flexibility index (Phi) is 6.31. The van der Waals surface area contributed by atoms with Gasteiger partial charge in [0.25, 0.3) is 0 Å². The standard InChI is InChI=1S/C16H19ClN2O2/c1-20-15-7-6-13(11-14(15)17)12-18-8-4-10-21-16-5-2-3-9-19-16/h2-3,5-7,9,11,18H,4,8,10,12H2,1H3. The number of hydrogen-bond acceptors (Lipinski definition) is 4. The molecule has 1 aromatic heterocycles. The number of benzene rings is 1. The highest BCUT2D eigenvalue weighted by Crippen LogP contribution is 2.24. The monoisotopic (exact) mass is 306 g/mol. The summed E-state index contributed by atoms with van der Waals surface area (Å²) in [5.41, 5.74) is 1.13. The van der Waals surface area contributed by atoms with Gasteiger partial charge >= 0.3 is 0 Å². The van der Waals surface area contributed by atoms with Gasteiger partial charge in [-0.05, 0) is 36.7 Å². The number of methoxy groups -OCH3 is 1. The van der Waals surface area contributed by atoms with E-state index in [0.29, 0.717) is 23.3 Å². The summed E-state index contributed by atoms with van der Waals surface area (Å²) in [6.45, 7) is 2.29. The molecule has 1 aromatic carbocycles. The van der Waals surface area contributed by atoms with Crippen LogP contribution in [0.1, 0.15) is 12.0 Å². The van der Waals surface area contributed by atoms with E-state index in [0.717, 1.165) is 25.1 Å². The summed E-state index contributed by atoms with van der Waals surface area (Å²) in [5, 5.41) is 3.99. The number of aromatic nitrogens is 1. The topological polar surface area (TPSA) is 43.4 Å². The smallest absolute Gasteiger partial charge is 0.213 e. The van der Waals surface area contributed by atoms with Crippen molar-refractivity contribution < 1.29 is 9.47 Å². The molecule has 0 saturated heterocycles. The molecule has 0 spiro atoms. The zero-order valence-corrected chi connectivity index (χ0v) is 12.8. The molecule has 0 atom stereocenters. The average molecular weight is 307 g/mol. The van der Waals surface area contributed by atoms with Crippen LogP contribution >= 0.6 is 11.6 Å².